The summed E-state index contributed by atoms with van der Waals surface area (Å²) in [6, 6.07) is 5.65. The fourth-order valence-corrected chi connectivity index (χ4v) is 3.92. The molecule has 4 rings (SSSR count). The Bertz CT molecular complexity index is 1070. The van der Waals surface area contributed by atoms with E-state index in [0.717, 1.165) is 16.8 Å². The number of aryl methyl sites for hydroxylation is 1. The summed E-state index contributed by atoms with van der Waals surface area (Å²) in [5.41, 5.74) is 4.42. The van der Waals surface area contributed by atoms with Crippen LogP contribution in [0.4, 0.5) is 5.82 Å². The first-order valence-corrected chi connectivity index (χ1v) is 9.84. The lowest BCUT2D eigenvalue weighted by Crippen LogP contribution is -2.42. The molecule has 0 spiro atoms. The molecule has 0 saturated carbocycles. The number of methoxy groups -OCH3 is 1. The maximum atomic E-state index is 13.3. The fraction of sp³-hybridized carbons (Fsp3) is 0.364. The SMILES string of the molecule is C=C1C2=C(C(=O)N([C@@H](C)COC)C2)N(CC(C)=O)c2cc(-c3ccc(C)nc3)nn21. The van der Waals surface area contributed by atoms with Gasteiger partial charge in [-0.3, -0.25) is 14.6 Å². The third-order valence-corrected chi connectivity index (χ3v) is 5.45. The third-order valence-electron chi connectivity index (χ3n) is 5.45. The van der Waals surface area contributed by atoms with Crippen molar-refractivity contribution in [1.29, 1.82) is 0 Å². The van der Waals surface area contributed by atoms with Crippen LogP contribution in [0, 0.1) is 6.92 Å². The Morgan fingerprint density at radius 2 is 2.13 bits per heavy atom. The van der Waals surface area contributed by atoms with Gasteiger partial charge in [0.1, 0.15) is 17.3 Å². The van der Waals surface area contributed by atoms with Crippen LogP contribution in [0.25, 0.3) is 17.0 Å². The third kappa shape index (κ3) is 3.23. The number of fused-ring (bicyclic) bond motifs is 1. The largest absolute Gasteiger partial charge is 0.383 e. The van der Waals surface area contributed by atoms with Gasteiger partial charge in [-0.05, 0) is 32.9 Å². The van der Waals surface area contributed by atoms with Crippen LogP contribution < -0.4 is 4.90 Å². The Balaban J connectivity index is 1.77. The van der Waals surface area contributed by atoms with E-state index in [4.69, 9.17) is 9.84 Å². The number of hydrogen-bond donors (Lipinski definition) is 0. The number of hydrogen-bond acceptors (Lipinski definition) is 6. The lowest BCUT2D eigenvalue weighted by Gasteiger charge is -2.30. The first-order valence-electron chi connectivity index (χ1n) is 9.84. The zero-order valence-corrected chi connectivity index (χ0v) is 17.7. The molecule has 30 heavy (non-hydrogen) atoms. The second kappa shape index (κ2) is 7.53. The molecule has 2 aliphatic heterocycles. The minimum atomic E-state index is -0.122. The Hall–Kier alpha value is -3.26. The average molecular weight is 407 g/mol. The van der Waals surface area contributed by atoms with Crippen molar-refractivity contribution in [3.05, 3.63) is 47.9 Å². The zero-order valence-electron chi connectivity index (χ0n) is 17.7. The van der Waals surface area contributed by atoms with Crippen LogP contribution in [0.2, 0.25) is 0 Å². The van der Waals surface area contributed by atoms with E-state index in [9.17, 15) is 9.59 Å². The summed E-state index contributed by atoms with van der Waals surface area (Å²) in [4.78, 5) is 33.2. The van der Waals surface area contributed by atoms with E-state index in [2.05, 4.69) is 11.6 Å². The van der Waals surface area contributed by atoms with Gasteiger partial charge in [-0.1, -0.05) is 6.58 Å². The van der Waals surface area contributed by atoms with Crippen LogP contribution >= 0.6 is 0 Å². The maximum Gasteiger partial charge on any atom is 0.271 e. The molecular formula is C22H25N5O3. The molecule has 156 valence electrons. The van der Waals surface area contributed by atoms with Gasteiger partial charge in [0.25, 0.3) is 5.91 Å². The van der Waals surface area contributed by atoms with Crippen LogP contribution in [0.15, 0.2) is 42.2 Å². The molecule has 0 aliphatic carbocycles. The van der Waals surface area contributed by atoms with Crippen molar-refractivity contribution in [1.82, 2.24) is 19.7 Å². The van der Waals surface area contributed by atoms with Crippen molar-refractivity contribution in [3.63, 3.8) is 0 Å². The van der Waals surface area contributed by atoms with Crippen LogP contribution in [-0.2, 0) is 14.3 Å². The minimum absolute atomic E-state index is 0.0446. The van der Waals surface area contributed by atoms with Gasteiger partial charge in [-0.2, -0.15) is 5.10 Å². The summed E-state index contributed by atoms with van der Waals surface area (Å²) in [5.74, 6) is 0.485. The summed E-state index contributed by atoms with van der Waals surface area (Å²) in [5, 5.41) is 4.72. The number of anilines is 1. The molecule has 0 N–H and O–H groups in total. The number of nitrogens with zero attached hydrogens (tertiary/aromatic N) is 5. The van der Waals surface area contributed by atoms with Gasteiger partial charge < -0.3 is 14.5 Å². The van der Waals surface area contributed by atoms with Crippen LogP contribution in [0.3, 0.4) is 0 Å². The van der Waals surface area contributed by atoms with E-state index < -0.39 is 0 Å². The average Bonchev–Trinajstić information content (AvgIpc) is 3.28. The number of Topliss-reactive ketones (excluding diaryl/α,β-unsaturated/α-hetero) is 1. The van der Waals surface area contributed by atoms with Crippen molar-refractivity contribution in [3.8, 4) is 11.3 Å². The van der Waals surface area contributed by atoms with E-state index in [0.29, 0.717) is 36.1 Å². The van der Waals surface area contributed by atoms with Gasteiger partial charge in [0, 0.05) is 36.2 Å². The first kappa shape index (κ1) is 20.0. The second-order valence-electron chi connectivity index (χ2n) is 7.79. The van der Waals surface area contributed by atoms with Gasteiger partial charge in [-0.15, -0.1) is 0 Å². The number of ether oxygens (including phenoxy) is 1. The highest BCUT2D eigenvalue weighted by atomic mass is 16.5. The van der Waals surface area contributed by atoms with E-state index in [1.165, 1.54) is 6.92 Å². The first-order chi connectivity index (χ1) is 14.3. The van der Waals surface area contributed by atoms with E-state index in [1.54, 1.807) is 27.8 Å². The molecule has 0 aromatic carbocycles. The topological polar surface area (TPSA) is 80.6 Å². The van der Waals surface area contributed by atoms with Crippen molar-refractivity contribution in [2.75, 3.05) is 31.7 Å². The van der Waals surface area contributed by atoms with Crippen molar-refractivity contribution >= 4 is 23.2 Å². The predicted molar refractivity (Wildman–Crippen MR) is 114 cm³/mol. The van der Waals surface area contributed by atoms with E-state index in [1.807, 2.05) is 32.0 Å². The molecule has 2 aromatic heterocycles. The number of pyridine rings is 1. The fourth-order valence-electron chi connectivity index (χ4n) is 3.92. The monoisotopic (exact) mass is 407 g/mol. The molecule has 2 aliphatic rings. The number of ketones is 1. The summed E-state index contributed by atoms with van der Waals surface area (Å²) < 4.78 is 6.95. The highest BCUT2D eigenvalue weighted by Gasteiger charge is 2.42. The Morgan fingerprint density at radius 3 is 2.77 bits per heavy atom. The van der Waals surface area contributed by atoms with Gasteiger partial charge in [0.15, 0.2) is 0 Å². The predicted octanol–water partition coefficient (Wildman–Crippen LogP) is 2.26. The van der Waals surface area contributed by atoms with Gasteiger partial charge in [0.05, 0.1) is 37.1 Å². The van der Waals surface area contributed by atoms with E-state index in [-0.39, 0.29) is 24.3 Å². The molecule has 8 nitrogen and oxygen atoms in total. The van der Waals surface area contributed by atoms with Gasteiger partial charge >= 0.3 is 0 Å². The molecule has 0 radical (unpaired) electrons. The van der Waals surface area contributed by atoms with Gasteiger partial charge in [-0.25, -0.2) is 4.68 Å². The summed E-state index contributed by atoms with van der Waals surface area (Å²) in [6.45, 7) is 10.5. The summed E-state index contributed by atoms with van der Waals surface area (Å²) in [6.07, 6.45) is 1.77. The molecule has 1 atom stereocenters. The summed E-state index contributed by atoms with van der Waals surface area (Å²) in [7, 11) is 1.61. The molecule has 4 heterocycles. The lowest BCUT2D eigenvalue weighted by atomic mass is 10.1. The molecule has 0 fully saturated rings. The molecule has 8 heteroatoms. The van der Waals surface area contributed by atoms with Crippen LogP contribution in [0.5, 0.6) is 0 Å². The minimum Gasteiger partial charge on any atom is -0.383 e. The van der Waals surface area contributed by atoms with Crippen molar-refractivity contribution in [2.45, 2.75) is 26.8 Å². The lowest BCUT2D eigenvalue weighted by molar-refractivity contribution is -0.128. The number of carbonyl (C=O) groups excluding carboxylic acids is 2. The standard InChI is InChI=1S/C22H25N5O3/c1-13-6-7-17(9-23-13)19-8-20-26(10-15(3)28)21-18(16(4)27(20)24-19)11-25(22(21)29)14(2)12-30-5/h6-9,14H,4,10-12H2,1-3,5H3/t14-/m0/s1. The molecule has 2 aromatic rings. The Labute approximate surface area is 175 Å². The number of carbonyl (C=O) groups is 2. The van der Waals surface area contributed by atoms with Crippen molar-refractivity contribution in [2.24, 2.45) is 0 Å². The highest BCUT2D eigenvalue weighted by molar-refractivity contribution is 6.06. The molecule has 0 bridgehead atoms. The van der Waals surface area contributed by atoms with E-state index >= 15 is 0 Å². The van der Waals surface area contributed by atoms with Crippen molar-refractivity contribution < 1.29 is 14.3 Å². The molecule has 0 unspecified atom stereocenters. The normalized spacial score (nSPS) is 16.8. The molecule has 1 amide bonds. The quantitative estimate of drug-likeness (QED) is 0.731. The number of amides is 1. The number of aromatic nitrogens is 3. The number of rotatable bonds is 6. The highest BCUT2D eigenvalue weighted by Crippen LogP contribution is 2.40. The smallest absolute Gasteiger partial charge is 0.271 e. The Morgan fingerprint density at radius 1 is 1.37 bits per heavy atom. The molecular weight excluding hydrogens is 382 g/mol. The van der Waals surface area contributed by atoms with Gasteiger partial charge in [0.2, 0.25) is 0 Å². The second-order valence-corrected chi connectivity index (χ2v) is 7.79. The molecule has 0 saturated heterocycles. The maximum absolute atomic E-state index is 13.3. The van der Waals surface area contributed by atoms with Crippen LogP contribution in [-0.4, -0.2) is 64.2 Å². The zero-order chi connectivity index (χ0) is 21.6. The Kier molecular flexibility index (Phi) is 5.03. The summed E-state index contributed by atoms with van der Waals surface area (Å²) >= 11 is 0. The van der Waals surface area contributed by atoms with Crippen LogP contribution in [0.1, 0.15) is 19.5 Å².